The molecule has 0 radical (unpaired) electrons. The van der Waals surface area contributed by atoms with Crippen LogP contribution in [0.25, 0.3) is 0 Å². The highest BCUT2D eigenvalue weighted by atomic mass is 79.9. The first-order valence-electron chi connectivity index (χ1n) is 7.83. The van der Waals surface area contributed by atoms with E-state index in [-0.39, 0.29) is 30.2 Å². The van der Waals surface area contributed by atoms with Crippen LogP contribution in [0.1, 0.15) is 18.4 Å². The van der Waals surface area contributed by atoms with E-state index in [1.165, 1.54) is 37.6 Å². The third-order valence-electron chi connectivity index (χ3n) is 3.39. The van der Waals surface area contributed by atoms with Crippen LogP contribution in [-0.2, 0) is 9.59 Å². The van der Waals surface area contributed by atoms with Crippen LogP contribution in [0.5, 0.6) is 11.5 Å². The van der Waals surface area contributed by atoms with Gasteiger partial charge in [-0.15, -0.1) is 0 Å². The fourth-order valence-corrected chi connectivity index (χ4v) is 2.52. The van der Waals surface area contributed by atoms with E-state index in [4.69, 9.17) is 4.74 Å². The fourth-order valence-electron chi connectivity index (χ4n) is 2.06. The number of phenolic OH excluding ortho intramolecular Hbond substituents is 1. The Morgan fingerprint density at radius 1 is 1.22 bits per heavy atom. The van der Waals surface area contributed by atoms with E-state index in [0.29, 0.717) is 15.7 Å². The molecule has 2 aromatic carbocycles. The molecule has 0 aromatic heterocycles. The number of methoxy groups -OCH3 is 1. The number of anilines is 1. The second-order valence-corrected chi connectivity index (χ2v) is 6.31. The van der Waals surface area contributed by atoms with Gasteiger partial charge in [0, 0.05) is 28.6 Å². The van der Waals surface area contributed by atoms with Crippen LogP contribution in [0.15, 0.2) is 46.0 Å². The van der Waals surface area contributed by atoms with Crippen LogP contribution in [0.3, 0.4) is 0 Å². The molecule has 0 bridgehead atoms. The molecule has 0 saturated carbocycles. The first-order valence-corrected chi connectivity index (χ1v) is 8.62. The molecule has 2 amide bonds. The Hall–Kier alpha value is -2.94. The maximum absolute atomic E-state index is 12.8. The van der Waals surface area contributed by atoms with E-state index in [1.807, 2.05) is 0 Å². The Morgan fingerprint density at radius 2 is 1.89 bits per heavy atom. The maximum atomic E-state index is 12.8. The zero-order chi connectivity index (χ0) is 19.8. The Labute approximate surface area is 163 Å². The van der Waals surface area contributed by atoms with Crippen molar-refractivity contribution in [3.63, 3.8) is 0 Å². The molecule has 0 spiro atoms. The van der Waals surface area contributed by atoms with Gasteiger partial charge in [-0.05, 0) is 36.4 Å². The van der Waals surface area contributed by atoms with E-state index >= 15 is 0 Å². The van der Waals surface area contributed by atoms with E-state index in [0.717, 1.165) is 0 Å². The topological polar surface area (TPSA) is 100 Å². The molecule has 142 valence electrons. The molecule has 0 unspecified atom stereocenters. The molecule has 7 nitrogen and oxygen atoms in total. The van der Waals surface area contributed by atoms with Gasteiger partial charge in [-0.1, -0.05) is 15.9 Å². The molecule has 2 aromatic rings. The second kappa shape index (κ2) is 9.67. The zero-order valence-corrected chi connectivity index (χ0v) is 15.9. The lowest BCUT2D eigenvalue weighted by molar-refractivity contribution is -0.124. The molecule has 2 rings (SSSR count). The van der Waals surface area contributed by atoms with Crippen molar-refractivity contribution >= 4 is 39.6 Å². The highest BCUT2D eigenvalue weighted by Gasteiger charge is 2.09. The lowest BCUT2D eigenvalue weighted by atomic mass is 10.2. The van der Waals surface area contributed by atoms with Crippen molar-refractivity contribution in [1.29, 1.82) is 0 Å². The number of nitrogens with one attached hydrogen (secondary N) is 2. The summed E-state index contributed by atoms with van der Waals surface area (Å²) in [5, 5.41) is 16.3. The summed E-state index contributed by atoms with van der Waals surface area (Å²) in [7, 11) is 1.42. The van der Waals surface area contributed by atoms with E-state index in [9.17, 15) is 19.1 Å². The summed E-state index contributed by atoms with van der Waals surface area (Å²) >= 11 is 3.28. The van der Waals surface area contributed by atoms with E-state index in [2.05, 4.69) is 31.8 Å². The largest absolute Gasteiger partial charge is 0.504 e. The van der Waals surface area contributed by atoms with E-state index < -0.39 is 11.7 Å². The number of nitrogens with zero attached hydrogens (tertiary/aromatic N) is 1. The predicted octanol–water partition coefficient (Wildman–Crippen LogP) is 3.17. The van der Waals surface area contributed by atoms with Crippen LogP contribution >= 0.6 is 15.9 Å². The van der Waals surface area contributed by atoms with Crippen LogP contribution < -0.4 is 15.5 Å². The molecular weight excluding hydrogens is 421 g/mol. The highest BCUT2D eigenvalue weighted by Crippen LogP contribution is 2.32. The van der Waals surface area contributed by atoms with Crippen LogP contribution in [0.4, 0.5) is 10.1 Å². The van der Waals surface area contributed by atoms with Gasteiger partial charge in [-0.2, -0.15) is 5.10 Å². The quantitative estimate of drug-likeness (QED) is 0.457. The number of rotatable bonds is 7. The average molecular weight is 438 g/mol. The first kappa shape index (κ1) is 20.4. The summed E-state index contributed by atoms with van der Waals surface area (Å²) in [5.74, 6) is -1.11. The van der Waals surface area contributed by atoms with Crippen molar-refractivity contribution in [3.8, 4) is 11.5 Å². The smallest absolute Gasteiger partial charge is 0.240 e. The molecule has 0 saturated heterocycles. The Morgan fingerprint density at radius 3 is 2.56 bits per heavy atom. The van der Waals surface area contributed by atoms with Crippen molar-refractivity contribution < 1.29 is 23.8 Å². The van der Waals surface area contributed by atoms with Gasteiger partial charge in [0.25, 0.3) is 0 Å². The number of phenols is 1. The van der Waals surface area contributed by atoms with Crippen LogP contribution in [0, 0.1) is 5.82 Å². The summed E-state index contributed by atoms with van der Waals surface area (Å²) in [6.45, 7) is 0. The molecule has 9 heteroatoms. The molecule has 27 heavy (non-hydrogen) atoms. The van der Waals surface area contributed by atoms with Gasteiger partial charge in [-0.25, -0.2) is 9.82 Å². The summed E-state index contributed by atoms with van der Waals surface area (Å²) in [6.07, 6.45) is 1.12. The fraction of sp³-hybridized carbons (Fsp3) is 0.167. The Kier molecular flexibility index (Phi) is 7.30. The molecule has 0 aliphatic rings. The van der Waals surface area contributed by atoms with Crippen molar-refractivity contribution in [1.82, 2.24) is 5.43 Å². The number of amides is 2. The third kappa shape index (κ3) is 6.37. The predicted molar refractivity (Wildman–Crippen MR) is 102 cm³/mol. The first-order chi connectivity index (χ1) is 12.9. The summed E-state index contributed by atoms with van der Waals surface area (Å²) < 4.78 is 18.5. The second-order valence-electron chi connectivity index (χ2n) is 5.39. The molecule has 0 heterocycles. The van der Waals surface area contributed by atoms with Gasteiger partial charge in [0.05, 0.1) is 13.3 Å². The normalized spacial score (nSPS) is 10.6. The molecule has 0 aliphatic heterocycles. The number of carbonyl (C=O) groups is 2. The van der Waals surface area contributed by atoms with Crippen molar-refractivity contribution in [2.45, 2.75) is 12.8 Å². The van der Waals surface area contributed by atoms with Gasteiger partial charge < -0.3 is 15.2 Å². The summed E-state index contributed by atoms with van der Waals surface area (Å²) in [6, 6.07) is 8.49. The van der Waals surface area contributed by atoms with Crippen LogP contribution in [0.2, 0.25) is 0 Å². The van der Waals surface area contributed by atoms with E-state index in [1.54, 1.807) is 12.1 Å². The zero-order valence-electron chi connectivity index (χ0n) is 14.3. The minimum Gasteiger partial charge on any atom is -0.504 e. The molecule has 0 aliphatic carbocycles. The Bertz CT molecular complexity index is 856. The number of hydrogen-bond acceptors (Lipinski definition) is 5. The number of benzene rings is 2. The minimum absolute atomic E-state index is 0.0608. The van der Waals surface area contributed by atoms with Gasteiger partial charge >= 0.3 is 0 Å². The van der Waals surface area contributed by atoms with Gasteiger partial charge in [0.2, 0.25) is 11.8 Å². The van der Waals surface area contributed by atoms with Gasteiger partial charge in [0.15, 0.2) is 11.5 Å². The summed E-state index contributed by atoms with van der Waals surface area (Å²) in [4.78, 5) is 23.5. The average Bonchev–Trinajstić information content (AvgIpc) is 2.64. The lowest BCUT2D eigenvalue weighted by Crippen LogP contribution is -2.20. The van der Waals surface area contributed by atoms with Crippen molar-refractivity contribution in [2.24, 2.45) is 5.10 Å². The minimum atomic E-state index is -0.470. The monoisotopic (exact) mass is 437 g/mol. The maximum Gasteiger partial charge on any atom is 0.240 e. The number of aromatic hydroxyl groups is 1. The number of halogens is 2. The number of carbonyl (C=O) groups excluding carboxylic acids is 2. The molecule has 3 N–H and O–H groups in total. The molecular formula is C18H17BrFN3O4. The van der Waals surface area contributed by atoms with Gasteiger partial charge in [-0.3, -0.25) is 9.59 Å². The SMILES string of the molecule is COc1cc(Br)cc(/C=N\NC(=O)CCC(=O)Nc2ccc(F)cc2)c1O. The van der Waals surface area contributed by atoms with Crippen molar-refractivity contribution in [2.75, 3.05) is 12.4 Å². The third-order valence-corrected chi connectivity index (χ3v) is 3.85. The molecule has 0 atom stereocenters. The number of hydrazone groups is 1. The number of ether oxygens (including phenoxy) is 1. The highest BCUT2D eigenvalue weighted by molar-refractivity contribution is 9.10. The standard InChI is InChI=1S/C18H17BrFN3O4/c1-27-15-9-12(19)8-11(18(15)26)10-21-23-17(25)7-6-16(24)22-14-4-2-13(20)3-5-14/h2-5,8-10,26H,6-7H2,1H3,(H,22,24)(H,23,25)/b21-10-. The number of hydrogen-bond donors (Lipinski definition) is 3. The van der Waals surface area contributed by atoms with Gasteiger partial charge in [0.1, 0.15) is 5.82 Å². The van der Waals surface area contributed by atoms with Crippen molar-refractivity contribution in [3.05, 3.63) is 52.3 Å². The Balaban J connectivity index is 1.82. The van der Waals surface area contributed by atoms with Crippen LogP contribution in [-0.4, -0.2) is 30.2 Å². The molecule has 0 fully saturated rings. The lowest BCUT2D eigenvalue weighted by Gasteiger charge is -2.07. The summed E-state index contributed by atoms with van der Waals surface area (Å²) in [5.41, 5.74) is 3.06.